The molecule has 2 aromatic carbocycles. The van der Waals surface area contributed by atoms with E-state index in [9.17, 15) is 18.4 Å². The van der Waals surface area contributed by atoms with Crippen LogP contribution in [0.2, 0.25) is 0 Å². The fourth-order valence-electron chi connectivity index (χ4n) is 3.09. The largest absolute Gasteiger partial charge is 0.496 e. The second kappa shape index (κ2) is 8.89. The molecule has 1 unspecified atom stereocenters. The smallest absolute Gasteiger partial charge is 0.255 e. The van der Waals surface area contributed by atoms with Crippen LogP contribution in [0.5, 0.6) is 11.5 Å². The number of benzene rings is 2. The van der Waals surface area contributed by atoms with E-state index in [1.807, 2.05) is 0 Å². The van der Waals surface area contributed by atoms with Gasteiger partial charge in [0, 0.05) is 12.6 Å². The molecule has 29 heavy (non-hydrogen) atoms. The molecule has 2 N–H and O–H groups in total. The summed E-state index contributed by atoms with van der Waals surface area (Å²) in [5.74, 6) is -1.40. The van der Waals surface area contributed by atoms with Crippen LogP contribution in [0.4, 0.5) is 8.78 Å². The summed E-state index contributed by atoms with van der Waals surface area (Å²) < 4.78 is 37.3. The summed E-state index contributed by atoms with van der Waals surface area (Å²) in [6.45, 7) is 0.145. The van der Waals surface area contributed by atoms with Gasteiger partial charge in [-0.15, -0.1) is 0 Å². The van der Waals surface area contributed by atoms with Gasteiger partial charge in [0.1, 0.15) is 23.1 Å². The summed E-state index contributed by atoms with van der Waals surface area (Å²) in [4.78, 5) is 25.1. The predicted molar refractivity (Wildman–Crippen MR) is 102 cm³/mol. The molecule has 1 fully saturated rings. The first kappa shape index (κ1) is 20.6. The van der Waals surface area contributed by atoms with Gasteiger partial charge in [-0.2, -0.15) is 0 Å². The fraction of sp³-hybridized carbons (Fsp3) is 0.333. The molecule has 1 saturated carbocycles. The van der Waals surface area contributed by atoms with E-state index < -0.39 is 23.4 Å². The van der Waals surface area contributed by atoms with Crippen molar-refractivity contribution in [3.05, 3.63) is 59.2 Å². The molecule has 0 heterocycles. The predicted octanol–water partition coefficient (Wildman–Crippen LogP) is 2.92. The summed E-state index contributed by atoms with van der Waals surface area (Å²) >= 11 is 0. The Morgan fingerprint density at radius 2 is 1.48 bits per heavy atom. The average Bonchev–Trinajstić information content (AvgIpc) is 3.55. The van der Waals surface area contributed by atoms with E-state index in [-0.39, 0.29) is 41.1 Å². The monoisotopic (exact) mass is 404 g/mol. The Morgan fingerprint density at radius 3 is 1.97 bits per heavy atom. The maximum atomic E-state index is 13.6. The van der Waals surface area contributed by atoms with Crippen molar-refractivity contribution < 1.29 is 27.8 Å². The maximum Gasteiger partial charge on any atom is 0.255 e. The quantitative estimate of drug-likeness (QED) is 0.709. The van der Waals surface area contributed by atoms with Crippen LogP contribution in [-0.4, -0.2) is 38.6 Å². The summed E-state index contributed by atoms with van der Waals surface area (Å²) in [7, 11) is 2.79. The molecule has 0 aliphatic heterocycles. The first-order valence-corrected chi connectivity index (χ1v) is 9.19. The lowest BCUT2D eigenvalue weighted by atomic mass is 10.1. The van der Waals surface area contributed by atoms with Crippen LogP contribution >= 0.6 is 0 Å². The lowest BCUT2D eigenvalue weighted by molar-refractivity contribution is 0.0899. The van der Waals surface area contributed by atoms with E-state index in [1.165, 1.54) is 38.5 Å². The highest BCUT2D eigenvalue weighted by atomic mass is 19.1. The highest BCUT2D eigenvalue weighted by molar-refractivity contribution is 5.98. The van der Waals surface area contributed by atoms with Crippen LogP contribution in [0, 0.1) is 17.6 Å². The van der Waals surface area contributed by atoms with E-state index in [0.29, 0.717) is 0 Å². The summed E-state index contributed by atoms with van der Waals surface area (Å²) in [6, 6.07) is 7.02. The van der Waals surface area contributed by atoms with Crippen molar-refractivity contribution in [2.45, 2.75) is 18.9 Å². The van der Waals surface area contributed by atoms with Gasteiger partial charge in [-0.1, -0.05) is 0 Å². The van der Waals surface area contributed by atoms with Gasteiger partial charge in [0.2, 0.25) is 0 Å². The third-order valence-electron chi connectivity index (χ3n) is 4.80. The zero-order valence-electron chi connectivity index (χ0n) is 16.1. The molecule has 0 radical (unpaired) electrons. The van der Waals surface area contributed by atoms with E-state index in [0.717, 1.165) is 25.0 Å². The van der Waals surface area contributed by atoms with Gasteiger partial charge >= 0.3 is 0 Å². The minimum Gasteiger partial charge on any atom is -0.496 e. The molecule has 2 amide bonds. The van der Waals surface area contributed by atoms with Crippen LogP contribution in [-0.2, 0) is 0 Å². The Labute approximate surface area is 167 Å². The Kier molecular flexibility index (Phi) is 6.31. The lowest BCUT2D eigenvalue weighted by Gasteiger charge is -2.20. The number of methoxy groups -OCH3 is 2. The zero-order chi connectivity index (χ0) is 21.0. The van der Waals surface area contributed by atoms with Gasteiger partial charge in [0.25, 0.3) is 11.8 Å². The molecule has 0 saturated heterocycles. The highest BCUT2D eigenvalue weighted by Gasteiger charge is 2.33. The molecule has 0 bridgehead atoms. The Hall–Kier alpha value is -3.16. The molecule has 1 atom stereocenters. The normalized spacial score (nSPS) is 14.1. The van der Waals surface area contributed by atoms with Crippen molar-refractivity contribution in [1.82, 2.24) is 10.6 Å². The number of ether oxygens (including phenoxy) is 2. The SMILES string of the molecule is COc1ccc(F)cc1C(=O)NCC(NC(=O)c1cc(F)ccc1OC)C1CC1. The van der Waals surface area contributed by atoms with Crippen LogP contribution in [0.1, 0.15) is 33.6 Å². The molecular formula is C21H22F2N2O4. The second-order valence-corrected chi connectivity index (χ2v) is 6.82. The first-order chi connectivity index (χ1) is 13.9. The summed E-state index contributed by atoms with van der Waals surface area (Å²) in [5.41, 5.74) is 0.149. The number of hydrogen-bond donors (Lipinski definition) is 2. The highest BCUT2D eigenvalue weighted by Crippen LogP contribution is 2.33. The topological polar surface area (TPSA) is 76.7 Å². The summed E-state index contributed by atoms with van der Waals surface area (Å²) in [5, 5.41) is 5.55. The van der Waals surface area contributed by atoms with Crippen LogP contribution in [0.25, 0.3) is 0 Å². The maximum absolute atomic E-state index is 13.6. The van der Waals surface area contributed by atoms with Crippen LogP contribution in [0.3, 0.4) is 0 Å². The van der Waals surface area contributed by atoms with Gasteiger partial charge < -0.3 is 20.1 Å². The van der Waals surface area contributed by atoms with E-state index in [1.54, 1.807) is 0 Å². The van der Waals surface area contributed by atoms with Gasteiger partial charge in [0.05, 0.1) is 25.3 Å². The average molecular weight is 404 g/mol. The third kappa shape index (κ3) is 5.01. The molecule has 1 aliphatic carbocycles. The standard InChI is InChI=1S/C21H22F2N2O4/c1-28-18-7-5-13(22)9-15(18)20(26)24-11-17(12-3-4-12)25-21(27)16-10-14(23)6-8-19(16)29-2/h5-10,12,17H,3-4,11H2,1-2H3,(H,24,26)(H,25,27). The Morgan fingerprint density at radius 1 is 0.966 bits per heavy atom. The van der Waals surface area contributed by atoms with Gasteiger partial charge in [-0.3, -0.25) is 9.59 Å². The number of rotatable bonds is 8. The van der Waals surface area contributed by atoms with Crippen molar-refractivity contribution in [3.8, 4) is 11.5 Å². The summed E-state index contributed by atoms with van der Waals surface area (Å²) in [6.07, 6.45) is 1.81. The number of carbonyl (C=O) groups excluding carboxylic acids is 2. The minimum absolute atomic E-state index is 0.0696. The molecule has 3 rings (SSSR count). The number of halogens is 2. The van der Waals surface area contributed by atoms with E-state index in [4.69, 9.17) is 9.47 Å². The van der Waals surface area contributed by atoms with Crippen LogP contribution < -0.4 is 20.1 Å². The van der Waals surface area contributed by atoms with Crippen molar-refractivity contribution in [2.24, 2.45) is 5.92 Å². The molecule has 0 spiro atoms. The van der Waals surface area contributed by atoms with Crippen molar-refractivity contribution >= 4 is 11.8 Å². The minimum atomic E-state index is -0.554. The Bertz CT molecular complexity index is 916. The zero-order valence-corrected chi connectivity index (χ0v) is 16.1. The van der Waals surface area contributed by atoms with Crippen LogP contribution in [0.15, 0.2) is 36.4 Å². The van der Waals surface area contributed by atoms with Gasteiger partial charge in [-0.25, -0.2) is 8.78 Å². The molecule has 2 aromatic rings. The number of amides is 2. The molecule has 8 heteroatoms. The van der Waals surface area contributed by atoms with Crippen molar-refractivity contribution in [1.29, 1.82) is 0 Å². The first-order valence-electron chi connectivity index (χ1n) is 9.19. The number of carbonyl (C=O) groups is 2. The molecule has 1 aliphatic rings. The molecule has 0 aromatic heterocycles. The van der Waals surface area contributed by atoms with E-state index >= 15 is 0 Å². The third-order valence-corrected chi connectivity index (χ3v) is 4.80. The van der Waals surface area contributed by atoms with Gasteiger partial charge in [-0.05, 0) is 55.2 Å². The van der Waals surface area contributed by atoms with E-state index in [2.05, 4.69) is 10.6 Å². The molecule has 6 nitrogen and oxygen atoms in total. The molecule has 154 valence electrons. The van der Waals surface area contributed by atoms with Gasteiger partial charge in [0.15, 0.2) is 0 Å². The van der Waals surface area contributed by atoms with Crippen molar-refractivity contribution in [2.75, 3.05) is 20.8 Å². The molecular weight excluding hydrogens is 382 g/mol. The van der Waals surface area contributed by atoms with Crippen molar-refractivity contribution in [3.63, 3.8) is 0 Å². The fourth-order valence-corrected chi connectivity index (χ4v) is 3.09. The lowest BCUT2D eigenvalue weighted by Crippen LogP contribution is -2.45. The Balaban J connectivity index is 1.69. The number of nitrogens with one attached hydrogen (secondary N) is 2. The number of hydrogen-bond acceptors (Lipinski definition) is 4. The second-order valence-electron chi connectivity index (χ2n) is 6.82.